The fourth-order valence-electron chi connectivity index (χ4n) is 6.36. The van der Waals surface area contributed by atoms with Gasteiger partial charge in [0.25, 0.3) is 5.91 Å². The molecule has 8 nitrogen and oxygen atoms in total. The molecule has 1 spiro atoms. The Bertz CT molecular complexity index is 1340. The molecule has 3 aliphatic rings. The van der Waals surface area contributed by atoms with E-state index >= 15 is 0 Å². The van der Waals surface area contributed by atoms with Gasteiger partial charge in [0, 0.05) is 44.3 Å². The standard InChI is InChI=1S/C27H29N5O3/c1-32-24-20(26(34)29-14-17-11-18-3-4-21(17)27(18)7-8-27)12-19(30-23(33)15-35-2)13-22(24)31-25(32)16-5-9-28-10-6-16/h3-6,9-10,12-13,17-18,21H,7-8,11,14-15H2,1-2H3,(H,29,34)(H,30,33)/t17-,18-,21-/m1/s1. The Labute approximate surface area is 203 Å². The van der Waals surface area contributed by atoms with Crippen molar-refractivity contribution < 1.29 is 14.3 Å². The Balaban J connectivity index is 1.32. The summed E-state index contributed by atoms with van der Waals surface area (Å²) >= 11 is 0. The third-order valence-corrected chi connectivity index (χ3v) is 8.08. The summed E-state index contributed by atoms with van der Waals surface area (Å²) in [7, 11) is 3.38. The number of nitrogens with one attached hydrogen (secondary N) is 2. The summed E-state index contributed by atoms with van der Waals surface area (Å²) < 4.78 is 6.87. The van der Waals surface area contributed by atoms with E-state index in [1.807, 2.05) is 23.7 Å². The SMILES string of the molecule is COCC(=O)Nc1cc(C(=O)NC[C@H]2C[C@H]3C=C[C@H]2C32CC2)c2c(c1)nc(-c1ccncc1)n2C. The molecule has 6 rings (SSSR count). The molecule has 0 unspecified atom stereocenters. The molecule has 2 heterocycles. The highest BCUT2D eigenvalue weighted by Crippen LogP contribution is 2.69. The first-order valence-electron chi connectivity index (χ1n) is 12.2. The minimum absolute atomic E-state index is 0.0659. The van der Waals surface area contributed by atoms with Crippen molar-refractivity contribution in [3.05, 3.63) is 54.4 Å². The predicted octanol–water partition coefficient (Wildman–Crippen LogP) is 3.55. The first kappa shape index (κ1) is 22.0. The fraction of sp³-hybridized carbons (Fsp3) is 0.407. The Kier molecular flexibility index (Phi) is 5.21. The van der Waals surface area contributed by atoms with E-state index in [0.29, 0.717) is 46.5 Å². The van der Waals surface area contributed by atoms with Crippen LogP contribution in [-0.2, 0) is 16.6 Å². The number of allylic oxidation sites excluding steroid dienone is 2. The lowest BCUT2D eigenvalue weighted by Crippen LogP contribution is -2.32. The number of aryl methyl sites for hydroxylation is 1. The van der Waals surface area contributed by atoms with Crippen molar-refractivity contribution in [2.75, 3.05) is 25.6 Å². The maximum absolute atomic E-state index is 13.5. The maximum atomic E-state index is 13.5. The zero-order valence-electron chi connectivity index (χ0n) is 20.0. The van der Waals surface area contributed by atoms with Gasteiger partial charge in [0.1, 0.15) is 12.4 Å². The van der Waals surface area contributed by atoms with E-state index in [1.54, 1.807) is 24.5 Å². The largest absolute Gasteiger partial charge is 0.375 e. The number of carbonyl (C=O) groups is 2. The number of carbonyl (C=O) groups excluding carboxylic acids is 2. The number of anilines is 1. The number of nitrogens with zero attached hydrogens (tertiary/aromatic N) is 3. The zero-order valence-corrected chi connectivity index (χ0v) is 20.0. The lowest BCUT2D eigenvalue weighted by Gasteiger charge is -2.20. The number of amides is 2. The molecule has 8 heteroatoms. The number of rotatable bonds is 7. The summed E-state index contributed by atoms with van der Waals surface area (Å²) in [6, 6.07) is 7.30. The van der Waals surface area contributed by atoms with Gasteiger partial charge in [0.05, 0.1) is 16.6 Å². The first-order chi connectivity index (χ1) is 17.0. The lowest BCUT2D eigenvalue weighted by atomic mass is 9.89. The molecule has 2 amide bonds. The molecule has 2 bridgehead atoms. The van der Waals surface area contributed by atoms with Crippen molar-refractivity contribution in [2.24, 2.45) is 30.2 Å². The van der Waals surface area contributed by atoms with E-state index in [-0.39, 0.29) is 18.4 Å². The smallest absolute Gasteiger partial charge is 0.253 e. The van der Waals surface area contributed by atoms with E-state index in [1.165, 1.54) is 20.0 Å². The number of imidazole rings is 1. The van der Waals surface area contributed by atoms with Crippen LogP contribution in [0.4, 0.5) is 5.69 Å². The third-order valence-electron chi connectivity index (χ3n) is 8.08. The molecular weight excluding hydrogens is 442 g/mol. The number of aromatic nitrogens is 3. The molecule has 3 aliphatic carbocycles. The van der Waals surface area contributed by atoms with Crippen LogP contribution >= 0.6 is 0 Å². The van der Waals surface area contributed by atoms with Crippen LogP contribution in [-0.4, -0.2) is 46.6 Å². The van der Waals surface area contributed by atoms with Crippen molar-refractivity contribution >= 4 is 28.5 Å². The van der Waals surface area contributed by atoms with Gasteiger partial charge in [0.15, 0.2) is 0 Å². The number of hydrogen-bond donors (Lipinski definition) is 2. The highest BCUT2D eigenvalue weighted by Gasteiger charge is 2.62. The van der Waals surface area contributed by atoms with Gasteiger partial charge in [-0.2, -0.15) is 0 Å². The summed E-state index contributed by atoms with van der Waals surface area (Å²) in [6.45, 7) is 0.590. The molecule has 3 atom stereocenters. The normalized spacial score (nSPS) is 23.2. The van der Waals surface area contributed by atoms with Gasteiger partial charge in [-0.15, -0.1) is 0 Å². The van der Waals surface area contributed by atoms with Crippen molar-refractivity contribution in [1.29, 1.82) is 0 Å². The van der Waals surface area contributed by atoms with Gasteiger partial charge in [-0.05, 0) is 66.7 Å². The fourth-order valence-corrected chi connectivity index (χ4v) is 6.36. The van der Waals surface area contributed by atoms with Crippen LogP contribution in [0.15, 0.2) is 48.8 Å². The first-order valence-corrected chi connectivity index (χ1v) is 12.2. The van der Waals surface area contributed by atoms with E-state index in [0.717, 1.165) is 23.3 Å². The third kappa shape index (κ3) is 3.63. The van der Waals surface area contributed by atoms with Gasteiger partial charge in [-0.1, -0.05) is 12.2 Å². The quantitative estimate of drug-likeness (QED) is 0.514. The highest BCUT2D eigenvalue weighted by atomic mass is 16.5. The molecule has 3 aromatic rings. The van der Waals surface area contributed by atoms with Crippen LogP contribution in [0.5, 0.6) is 0 Å². The van der Waals surface area contributed by atoms with E-state index in [9.17, 15) is 9.59 Å². The van der Waals surface area contributed by atoms with Gasteiger partial charge in [0.2, 0.25) is 5.91 Å². The average Bonchev–Trinajstić information content (AvgIpc) is 3.41. The second-order valence-electron chi connectivity index (χ2n) is 10.1. The lowest BCUT2D eigenvalue weighted by molar-refractivity contribution is -0.119. The number of hydrogen-bond acceptors (Lipinski definition) is 5. The van der Waals surface area contributed by atoms with Gasteiger partial charge in [-0.3, -0.25) is 14.6 Å². The predicted molar refractivity (Wildman–Crippen MR) is 133 cm³/mol. The van der Waals surface area contributed by atoms with Crippen LogP contribution in [0.25, 0.3) is 22.4 Å². The molecule has 2 aromatic heterocycles. The molecule has 2 fully saturated rings. The van der Waals surface area contributed by atoms with Gasteiger partial charge in [-0.25, -0.2) is 4.98 Å². The Hall–Kier alpha value is -3.52. The summed E-state index contributed by atoms with van der Waals surface area (Å²) in [6.07, 6.45) is 12.0. The van der Waals surface area contributed by atoms with Crippen molar-refractivity contribution in [2.45, 2.75) is 19.3 Å². The molecule has 2 saturated carbocycles. The molecule has 180 valence electrons. The van der Waals surface area contributed by atoms with Crippen molar-refractivity contribution in [3.63, 3.8) is 0 Å². The van der Waals surface area contributed by atoms with Crippen LogP contribution in [0.3, 0.4) is 0 Å². The molecule has 0 radical (unpaired) electrons. The second-order valence-corrected chi connectivity index (χ2v) is 10.1. The number of fused-ring (bicyclic) bond motifs is 1. The molecule has 1 aromatic carbocycles. The van der Waals surface area contributed by atoms with Crippen LogP contribution in [0, 0.1) is 23.2 Å². The average molecular weight is 472 g/mol. The molecule has 0 saturated heterocycles. The molecule has 35 heavy (non-hydrogen) atoms. The monoisotopic (exact) mass is 471 g/mol. The summed E-state index contributed by atoms with van der Waals surface area (Å²) in [5.74, 6) is 2.04. The minimum atomic E-state index is -0.285. The molecule has 0 aliphatic heterocycles. The zero-order chi connectivity index (χ0) is 24.2. The van der Waals surface area contributed by atoms with E-state index in [4.69, 9.17) is 9.72 Å². The second kappa shape index (κ2) is 8.30. The Morgan fingerprint density at radius 2 is 2.00 bits per heavy atom. The minimum Gasteiger partial charge on any atom is -0.375 e. The Morgan fingerprint density at radius 3 is 2.71 bits per heavy atom. The van der Waals surface area contributed by atoms with Gasteiger partial charge >= 0.3 is 0 Å². The highest BCUT2D eigenvalue weighted by molar-refractivity contribution is 6.08. The molecule has 2 N–H and O–H groups in total. The summed E-state index contributed by atoms with van der Waals surface area (Å²) in [5.41, 5.74) is 3.77. The Morgan fingerprint density at radius 1 is 1.20 bits per heavy atom. The number of pyridine rings is 1. The molecular formula is C27H29N5O3. The van der Waals surface area contributed by atoms with Crippen LogP contribution in [0.2, 0.25) is 0 Å². The van der Waals surface area contributed by atoms with Crippen LogP contribution in [0.1, 0.15) is 29.6 Å². The summed E-state index contributed by atoms with van der Waals surface area (Å²) in [5, 5.41) is 6.03. The van der Waals surface area contributed by atoms with Crippen LogP contribution < -0.4 is 10.6 Å². The topological polar surface area (TPSA) is 98.1 Å². The van der Waals surface area contributed by atoms with Crippen molar-refractivity contribution in [3.8, 4) is 11.4 Å². The van der Waals surface area contributed by atoms with Crippen molar-refractivity contribution in [1.82, 2.24) is 19.9 Å². The van der Waals surface area contributed by atoms with E-state index in [2.05, 4.69) is 27.8 Å². The maximum Gasteiger partial charge on any atom is 0.253 e. The number of ether oxygens (including phenoxy) is 1. The van der Waals surface area contributed by atoms with Gasteiger partial charge < -0.3 is 19.9 Å². The summed E-state index contributed by atoms with van der Waals surface area (Å²) in [4.78, 5) is 34.6. The van der Waals surface area contributed by atoms with E-state index < -0.39 is 0 Å². The number of methoxy groups -OCH3 is 1. The number of benzene rings is 1.